The molecule has 2 aromatic rings. The first-order valence-corrected chi connectivity index (χ1v) is 13.4. The van der Waals surface area contributed by atoms with E-state index in [0.717, 1.165) is 59.2 Å². The molecule has 0 bridgehead atoms. The zero-order valence-electron chi connectivity index (χ0n) is 17.9. The van der Waals surface area contributed by atoms with Crippen LogP contribution in [0.4, 0.5) is 0 Å². The van der Waals surface area contributed by atoms with Crippen LogP contribution in [0.3, 0.4) is 0 Å². The molecule has 0 saturated heterocycles. The molecule has 0 radical (unpaired) electrons. The van der Waals surface area contributed by atoms with Gasteiger partial charge in [0.05, 0.1) is 13.2 Å². The summed E-state index contributed by atoms with van der Waals surface area (Å²) in [6.07, 6.45) is 12.4. The molecule has 0 atom stereocenters. The zero-order valence-corrected chi connectivity index (χ0v) is 21.0. The summed E-state index contributed by atoms with van der Waals surface area (Å²) in [5, 5.41) is 4.55. The molecule has 0 heterocycles. The van der Waals surface area contributed by atoms with Crippen LogP contribution in [-0.2, 0) is 0 Å². The molecule has 0 amide bonds. The van der Waals surface area contributed by atoms with Crippen LogP contribution in [0.2, 0.25) is 0 Å². The lowest BCUT2D eigenvalue weighted by molar-refractivity contribution is 0.300. The maximum Gasteiger partial charge on any atom is 0.130 e. The number of rotatable bonds is 16. The van der Waals surface area contributed by atoms with Crippen LogP contribution in [0.1, 0.15) is 69.8 Å². The number of alkyl halides is 2. The van der Waals surface area contributed by atoms with Crippen LogP contribution in [0.5, 0.6) is 11.5 Å². The summed E-state index contributed by atoms with van der Waals surface area (Å²) in [5.74, 6) is 2.00. The van der Waals surface area contributed by atoms with Crippen LogP contribution in [0, 0.1) is 6.92 Å². The Balaban J connectivity index is 1.89. The molecular formula is C25H36Br2O2. The van der Waals surface area contributed by atoms with Gasteiger partial charge in [-0.15, -0.1) is 0 Å². The number of halogens is 2. The van der Waals surface area contributed by atoms with E-state index in [9.17, 15) is 0 Å². The average Bonchev–Trinajstić information content (AvgIpc) is 2.74. The van der Waals surface area contributed by atoms with Gasteiger partial charge in [0.25, 0.3) is 0 Å². The van der Waals surface area contributed by atoms with Gasteiger partial charge < -0.3 is 9.47 Å². The van der Waals surface area contributed by atoms with Crippen LogP contribution in [0.15, 0.2) is 30.3 Å². The Morgan fingerprint density at radius 2 is 1.17 bits per heavy atom. The fourth-order valence-electron chi connectivity index (χ4n) is 3.57. The van der Waals surface area contributed by atoms with E-state index in [1.165, 1.54) is 56.8 Å². The van der Waals surface area contributed by atoms with Gasteiger partial charge in [-0.05, 0) is 44.2 Å². The Morgan fingerprint density at radius 3 is 1.79 bits per heavy atom. The van der Waals surface area contributed by atoms with Gasteiger partial charge in [0, 0.05) is 21.4 Å². The highest BCUT2D eigenvalue weighted by Gasteiger charge is 2.11. The maximum absolute atomic E-state index is 6.22. The van der Waals surface area contributed by atoms with Gasteiger partial charge >= 0.3 is 0 Å². The van der Waals surface area contributed by atoms with Crippen molar-refractivity contribution < 1.29 is 9.47 Å². The van der Waals surface area contributed by atoms with Crippen LogP contribution in [0.25, 0.3) is 10.8 Å². The molecule has 162 valence electrons. The Hall–Kier alpha value is -0.740. The molecule has 0 saturated carbocycles. The summed E-state index contributed by atoms with van der Waals surface area (Å²) in [6, 6.07) is 10.6. The van der Waals surface area contributed by atoms with Crippen molar-refractivity contribution in [1.82, 2.24) is 0 Å². The van der Waals surface area contributed by atoms with Gasteiger partial charge in [0.15, 0.2) is 0 Å². The second-order valence-corrected chi connectivity index (χ2v) is 9.26. The highest BCUT2D eigenvalue weighted by atomic mass is 79.9. The zero-order chi connectivity index (χ0) is 20.7. The smallest absolute Gasteiger partial charge is 0.130 e. The summed E-state index contributed by atoms with van der Waals surface area (Å²) < 4.78 is 12.4. The summed E-state index contributed by atoms with van der Waals surface area (Å²) in [5.41, 5.74) is 1.16. The normalized spacial score (nSPS) is 11.1. The fourth-order valence-corrected chi connectivity index (χ4v) is 4.36. The molecule has 29 heavy (non-hydrogen) atoms. The van der Waals surface area contributed by atoms with Crippen molar-refractivity contribution in [3.05, 3.63) is 35.9 Å². The van der Waals surface area contributed by atoms with Crippen molar-refractivity contribution in [2.45, 2.75) is 71.1 Å². The number of hydrogen-bond acceptors (Lipinski definition) is 2. The number of hydrogen-bond donors (Lipinski definition) is 0. The van der Waals surface area contributed by atoms with E-state index in [1.807, 2.05) is 0 Å². The summed E-state index contributed by atoms with van der Waals surface area (Å²) >= 11 is 6.99. The van der Waals surface area contributed by atoms with Crippen molar-refractivity contribution in [2.24, 2.45) is 0 Å². The third kappa shape index (κ3) is 8.88. The first-order valence-electron chi connectivity index (χ1n) is 11.2. The summed E-state index contributed by atoms with van der Waals surface area (Å²) in [6.45, 7) is 3.70. The molecule has 0 aliphatic carbocycles. The Bertz CT molecular complexity index is 703. The highest BCUT2D eigenvalue weighted by Crippen LogP contribution is 2.36. The van der Waals surface area contributed by atoms with Crippen molar-refractivity contribution in [1.29, 1.82) is 0 Å². The first-order chi connectivity index (χ1) is 14.3. The van der Waals surface area contributed by atoms with Crippen molar-refractivity contribution in [3.8, 4) is 11.5 Å². The average molecular weight is 528 g/mol. The third-order valence-electron chi connectivity index (χ3n) is 5.20. The van der Waals surface area contributed by atoms with E-state index in [-0.39, 0.29) is 0 Å². The van der Waals surface area contributed by atoms with Gasteiger partial charge in [-0.1, -0.05) is 94.7 Å². The van der Waals surface area contributed by atoms with E-state index in [1.54, 1.807) is 0 Å². The van der Waals surface area contributed by atoms with E-state index < -0.39 is 0 Å². The lowest BCUT2D eigenvalue weighted by Crippen LogP contribution is -2.02. The number of fused-ring (bicyclic) bond motifs is 1. The third-order valence-corrected chi connectivity index (χ3v) is 6.32. The molecule has 4 heteroatoms. The van der Waals surface area contributed by atoms with Gasteiger partial charge in [-0.25, -0.2) is 0 Å². The molecule has 0 unspecified atom stereocenters. The van der Waals surface area contributed by atoms with Gasteiger partial charge in [0.2, 0.25) is 0 Å². The number of aryl methyl sites for hydroxylation is 1. The quantitative estimate of drug-likeness (QED) is 0.161. The van der Waals surface area contributed by atoms with E-state index >= 15 is 0 Å². The molecule has 0 aliphatic heterocycles. The minimum Gasteiger partial charge on any atom is -0.493 e. The SMILES string of the molecule is Cc1cc(OCCCCCCCBr)c2ccccc2c1OCCCCCCCBr. The second kappa shape index (κ2) is 15.1. The van der Waals surface area contributed by atoms with Gasteiger partial charge in [0.1, 0.15) is 11.5 Å². The van der Waals surface area contributed by atoms with Crippen LogP contribution < -0.4 is 9.47 Å². The van der Waals surface area contributed by atoms with Crippen LogP contribution >= 0.6 is 31.9 Å². The standard InChI is InChI=1S/C25H36Br2O2/c1-21-20-24(28-18-12-6-2-4-10-16-26)22-14-8-9-15-23(22)25(21)29-19-13-7-3-5-11-17-27/h8-9,14-15,20H,2-7,10-13,16-19H2,1H3. The molecule has 2 nitrogen and oxygen atoms in total. The minimum atomic E-state index is 0.784. The van der Waals surface area contributed by atoms with E-state index in [2.05, 4.69) is 69.1 Å². The minimum absolute atomic E-state index is 0.784. The molecule has 0 spiro atoms. The van der Waals surface area contributed by atoms with E-state index in [0.29, 0.717) is 0 Å². The first kappa shape index (κ1) is 24.5. The highest BCUT2D eigenvalue weighted by molar-refractivity contribution is 9.09. The summed E-state index contributed by atoms with van der Waals surface area (Å²) in [7, 11) is 0. The van der Waals surface area contributed by atoms with Crippen molar-refractivity contribution in [2.75, 3.05) is 23.9 Å². The summed E-state index contributed by atoms with van der Waals surface area (Å²) in [4.78, 5) is 0. The number of ether oxygens (including phenoxy) is 2. The second-order valence-electron chi connectivity index (χ2n) is 7.68. The van der Waals surface area contributed by atoms with Crippen molar-refractivity contribution >= 4 is 42.6 Å². The van der Waals surface area contributed by atoms with Crippen LogP contribution in [-0.4, -0.2) is 23.9 Å². The number of benzene rings is 2. The topological polar surface area (TPSA) is 18.5 Å². The Labute approximate surface area is 194 Å². The Morgan fingerprint density at radius 1 is 0.655 bits per heavy atom. The molecule has 0 aliphatic rings. The predicted octanol–water partition coefficient (Wildman–Crippen LogP) is 8.60. The maximum atomic E-state index is 6.22. The fraction of sp³-hybridized carbons (Fsp3) is 0.600. The molecule has 0 aromatic heterocycles. The largest absolute Gasteiger partial charge is 0.493 e. The Kier molecular flexibility index (Phi) is 12.8. The van der Waals surface area contributed by atoms with E-state index in [4.69, 9.17) is 9.47 Å². The van der Waals surface area contributed by atoms with Gasteiger partial charge in [-0.3, -0.25) is 0 Å². The lowest BCUT2D eigenvalue weighted by Gasteiger charge is -2.16. The molecule has 0 N–H and O–H groups in total. The molecular weight excluding hydrogens is 492 g/mol. The molecule has 2 aromatic carbocycles. The number of unbranched alkanes of at least 4 members (excludes halogenated alkanes) is 8. The molecule has 2 rings (SSSR count). The van der Waals surface area contributed by atoms with Gasteiger partial charge in [-0.2, -0.15) is 0 Å². The lowest BCUT2D eigenvalue weighted by atomic mass is 10.0. The predicted molar refractivity (Wildman–Crippen MR) is 133 cm³/mol. The van der Waals surface area contributed by atoms with Crippen molar-refractivity contribution in [3.63, 3.8) is 0 Å². The monoisotopic (exact) mass is 526 g/mol. The molecule has 0 fully saturated rings.